The van der Waals surface area contributed by atoms with Crippen LogP contribution in [0.25, 0.3) is 0 Å². The van der Waals surface area contributed by atoms with Crippen LogP contribution in [0.5, 0.6) is 5.75 Å². The molecule has 1 heteroatoms. The summed E-state index contributed by atoms with van der Waals surface area (Å²) in [5, 5.41) is 0. The van der Waals surface area contributed by atoms with Gasteiger partial charge in [-0.1, -0.05) is 69.2 Å². The van der Waals surface area contributed by atoms with Gasteiger partial charge in [-0.3, -0.25) is 0 Å². The number of unbranched alkanes of at least 4 members (excludes halogenated alkanes) is 3. The monoisotopic (exact) mass is 360 g/mol. The molecule has 0 amide bonds. The molecule has 0 saturated carbocycles. The highest BCUT2D eigenvalue weighted by molar-refractivity contribution is 5.44. The van der Waals surface area contributed by atoms with E-state index in [1.54, 1.807) is 0 Å². The molecule has 0 radical (unpaired) electrons. The van der Waals surface area contributed by atoms with E-state index in [1.165, 1.54) is 31.2 Å². The highest BCUT2D eigenvalue weighted by atomic mass is 16.5. The molecule has 2 aromatic carbocycles. The number of ether oxygens (including phenoxy) is 1. The minimum absolute atomic E-state index is 0.791. The lowest BCUT2D eigenvalue weighted by molar-refractivity contribution is 0.306. The van der Waals surface area contributed by atoms with Crippen LogP contribution in [0.2, 0.25) is 0 Å². The molecule has 1 nitrogen and oxygen atoms in total. The molecule has 2 aromatic rings. The summed E-state index contributed by atoms with van der Waals surface area (Å²) >= 11 is 0. The molecule has 0 N–H and O–H groups in total. The predicted octanol–water partition coefficient (Wildman–Crippen LogP) is 6.94. The van der Waals surface area contributed by atoms with Crippen LogP contribution < -0.4 is 4.74 Å². The van der Waals surface area contributed by atoms with E-state index in [0.29, 0.717) is 0 Å². The van der Waals surface area contributed by atoms with E-state index in [1.807, 2.05) is 24.3 Å². The predicted molar refractivity (Wildman–Crippen MR) is 116 cm³/mol. The number of hydrogen-bond acceptors (Lipinski definition) is 1. The maximum atomic E-state index is 5.74. The van der Waals surface area contributed by atoms with Crippen LogP contribution >= 0.6 is 0 Å². The topological polar surface area (TPSA) is 9.23 Å². The van der Waals surface area contributed by atoms with Gasteiger partial charge in [0.25, 0.3) is 0 Å². The van der Waals surface area contributed by atoms with Crippen molar-refractivity contribution < 1.29 is 4.74 Å². The van der Waals surface area contributed by atoms with Crippen LogP contribution in [-0.4, -0.2) is 6.61 Å². The molecule has 27 heavy (non-hydrogen) atoms. The van der Waals surface area contributed by atoms with Gasteiger partial charge in [-0.05, 0) is 67.6 Å². The minimum atomic E-state index is 0.791. The average molecular weight is 361 g/mol. The van der Waals surface area contributed by atoms with Gasteiger partial charge in [-0.25, -0.2) is 0 Å². The quantitative estimate of drug-likeness (QED) is 0.253. The average Bonchev–Trinajstić information content (AvgIpc) is 2.71. The van der Waals surface area contributed by atoms with E-state index in [4.69, 9.17) is 4.74 Å². The summed E-state index contributed by atoms with van der Waals surface area (Å²) < 4.78 is 5.74. The Morgan fingerprint density at radius 1 is 0.741 bits per heavy atom. The molecule has 0 heterocycles. The SMILES string of the molecule is CCCC=CCCc1ccc(C#Cc2ccc(OCCCCC)cc2)cc1. The summed E-state index contributed by atoms with van der Waals surface area (Å²) in [6.07, 6.45) is 12.7. The van der Waals surface area contributed by atoms with Crippen molar-refractivity contribution in [3.63, 3.8) is 0 Å². The van der Waals surface area contributed by atoms with Crippen LogP contribution in [0, 0.1) is 11.8 Å². The maximum absolute atomic E-state index is 5.74. The second-order valence-corrected chi connectivity index (χ2v) is 6.83. The normalized spacial score (nSPS) is 10.6. The van der Waals surface area contributed by atoms with Crippen molar-refractivity contribution in [1.29, 1.82) is 0 Å². The van der Waals surface area contributed by atoms with Crippen LogP contribution in [0.15, 0.2) is 60.7 Å². The largest absolute Gasteiger partial charge is 0.494 e. The van der Waals surface area contributed by atoms with Crippen molar-refractivity contribution in [2.45, 2.75) is 58.8 Å². The van der Waals surface area contributed by atoms with Crippen LogP contribution in [0.1, 0.15) is 69.1 Å². The Bertz CT molecular complexity index is 727. The third kappa shape index (κ3) is 8.65. The molecular formula is C26H32O. The molecule has 0 aliphatic carbocycles. The minimum Gasteiger partial charge on any atom is -0.494 e. The number of rotatable bonds is 10. The van der Waals surface area contributed by atoms with Crippen LogP contribution in [0.4, 0.5) is 0 Å². The van der Waals surface area contributed by atoms with Crippen LogP contribution in [0.3, 0.4) is 0 Å². The summed E-state index contributed by atoms with van der Waals surface area (Å²) in [4.78, 5) is 0. The third-order valence-corrected chi connectivity index (χ3v) is 4.40. The van der Waals surface area contributed by atoms with Gasteiger partial charge in [0.15, 0.2) is 0 Å². The Morgan fingerprint density at radius 2 is 1.37 bits per heavy atom. The number of allylic oxidation sites excluding steroid dienone is 2. The number of benzene rings is 2. The third-order valence-electron chi connectivity index (χ3n) is 4.40. The van der Waals surface area contributed by atoms with E-state index < -0.39 is 0 Å². The second-order valence-electron chi connectivity index (χ2n) is 6.83. The summed E-state index contributed by atoms with van der Waals surface area (Å²) in [5.74, 6) is 7.41. The second kappa shape index (κ2) is 12.8. The van der Waals surface area contributed by atoms with Crippen molar-refractivity contribution in [3.05, 3.63) is 77.4 Å². The summed E-state index contributed by atoms with van der Waals surface area (Å²) in [5.41, 5.74) is 3.44. The molecule has 0 atom stereocenters. The fourth-order valence-corrected chi connectivity index (χ4v) is 2.73. The van der Waals surface area contributed by atoms with Crippen molar-refractivity contribution in [2.75, 3.05) is 6.61 Å². The first kappa shape index (κ1) is 20.8. The number of aryl methyl sites for hydroxylation is 1. The molecule has 142 valence electrons. The van der Waals surface area contributed by atoms with E-state index in [9.17, 15) is 0 Å². The van der Waals surface area contributed by atoms with Crippen molar-refractivity contribution in [1.82, 2.24) is 0 Å². The molecule has 0 aromatic heterocycles. The van der Waals surface area contributed by atoms with Crippen molar-refractivity contribution >= 4 is 0 Å². The molecule has 0 unspecified atom stereocenters. The Labute approximate surface area is 165 Å². The Morgan fingerprint density at radius 3 is 2.00 bits per heavy atom. The fraction of sp³-hybridized carbons (Fsp3) is 0.385. The highest BCUT2D eigenvalue weighted by Crippen LogP contribution is 2.13. The first-order valence-electron chi connectivity index (χ1n) is 10.3. The molecular weight excluding hydrogens is 328 g/mol. The summed E-state index contributed by atoms with van der Waals surface area (Å²) in [6, 6.07) is 16.7. The van der Waals surface area contributed by atoms with E-state index >= 15 is 0 Å². The molecule has 2 rings (SSSR count). The fourth-order valence-electron chi connectivity index (χ4n) is 2.73. The molecule has 0 saturated heterocycles. The lowest BCUT2D eigenvalue weighted by Gasteiger charge is -2.05. The van der Waals surface area contributed by atoms with Crippen molar-refractivity contribution in [2.24, 2.45) is 0 Å². The van der Waals surface area contributed by atoms with Gasteiger partial charge >= 0.3 is 0 Å². The zero-order valence-corrected chi connectivity index (χ0v) is 16.8. The van der Waals surface area contributed by atoms with Gasteiger partial charge in [0.2, 0.25) is 0 Å². The molecule has 0 spiro atoms. The maximum Gasteiger partial charge on any atom is 0.119 e. The van der Waals surface area contributed by atoms with Crippen molar-refractivity contribution in [3.8, 4) is 17.6 Å². The zero-order chi connectivity index (χ0) is 19.2. The van der Waals surface area contributed by atoms with E-state index in [2.05, 4.69) is 62.1 Å². The van der Waals surface area contributed by atoms with Gasteiger partial charge in [0, 0.05) is 11.1 Å². The first-order chi connectivity index (χ1) is 13.3. The Balaban J connectivity index is 1.82. The highest BCUT2D eigenvalue weighted by Gasteiger charge is 1.95. The Hall–Kier alpha value is -2.46. The Kier molecular flexibility index (Phi) is 9.90. The van der Waals surface area contributed by atoms with Gasteiger partial charge in [-0.15, -0.1) is 0 Å². The van der Waals surface area contributed by atoms with E-state index in [0.717, 1.165) is 42.7 Å². The zero-order valence-electron chi connectivity index (χ0n) is 16.8. The lowest BCUT2D eigenvalue weighted by Crippen LogP contribution is -1.96. The smallest absolute Gasteiger partial charge is 0.119 e. The molecule has 0 aliphatic rings. The summed E-state index contributed by atoms with van der Waals surface area (Å²) in [7, 11) is 0. The van der Waals surface area contributed by atoms with E-state index in [-0.39, 0.29) is 0 Å². The number of hydrogen-bond donors (Lipinski definition) is 0. The van der Waals surface area contributed by atoms with Gasteiger partial charge < -0.3 is 4.74 Å². The molecule has 0 aliphatic heterocycles. The van der Waals surface area contributed by atoms with Gasteiger partial charge in [0.05, 0.1) is 6.61 Å². The molecule has 0 fully saturated rings. The van der Waals surface area contributed by atoms with Crippen LogP contribution in [-0.2, 0) is 6.42 Å². The molecule has 0 bridgehead atoms. The standard InChI is InChI=1S/C26H32O/c1-3-5-7-8-9-11-23-12-14-24(15-13-23)16-17-25-18-20-26(21-19-25)27-22-10-6-4-2/h7-8,12-15,18-21H,3-6,9-11,22H2,1-2H3. The lowest BCUT2D eigenvalue weighted by atomic mass is 10.1. The first-order valence-corrected chi connectivity index (χ1v) is 10.3. The summed E-state index contributed by atoms with van der Waals surface area (Å²) in [6.45, 7) is 5.20. The van der Waals surface area contributed by atoms with Gasteiger partial charge in [-0.2, -0.15) is 0 Å². The van der Waals surface area contributed by atoms with Gasteiger partial charge in [0.1, 0.15) is 5.75 Å².